The summed E-state index contributed by atoms with van der Waals surface area (Å²) in [5.41, 5.74) is 1.27. The van der Waals surface area contributed by atoms with E-state index in [1.54, 1.807) is 0 Å². The Morgan fingerprint density at radius 2 is 2.25 bits per heavy atom. The molecule has 4 nitrogen and oxygen atoms in total. The first-order valence-electron chi connectivity index (χ1n) is 6.81. The third-order valence-corrected chi connectivity index (χ3v) is 4.33. The van der Waals surface area contributed by atoms with Gasteiger partial charge in [0.2, 0.25) is 0 Å². The fourth-order valence-electron chi connectivity index (χ4n) is 2.13. The number of carbonyl (C=O) groups excluding carboxylic acids is 1. The maximum Gasteiger partial charge on any atom is 0.257 e. The Morgan fingerprint density at radius 1 is 1.50 bits per heavy atom. The number of rotatable bonds is 7. The second-order valence-electron chi connectivity index (χ2n) is 5.47. The third kappa shape index (κ3) is 4.21. The number of ether oxygens (including phenoxy) is 1. The number of aliphatic hydroxyl groups excluding tert-OH is 1. The van der Waals surface area contributed by atoms with Gasteiger partial charge in [0.15, 0.2) is 6.61 Å². The maximum absolute atomic E-state index is 11.8. The predicted molar refractivity (Wildman–Crippen MR) is 80.8 cm³/mol. The maximum atomic E-state index is 11.8. The number of aryl methyl sites for hydroxylation is 1. The highest BCUT2D eigenvalue weighted by Gasteiger charge is 2.41. The fourth-order valence-corrected chi connectivity index (χ4v) is 2.74. The van der Waals surface area contributed by atoms with Crippen molar-refractivity contribution in [3.05, 3.63) is 28.2 Å². The smallest absolute Gasteiger partial charge is 0.257 e. The summed E-state index contributed by atoms with van der Waals surface area (Å²) in [6, 6.07) is 5.74. The molecule has 0 heterocycles. The van der Waals surface area contributed by atoms with E-state index in [0.29, 0.717) is 12.3 Å². The van der Waals surface area contributed by atoms with Crippen LogP contribution in [0.15, 0.2) is 22.7 Å². The van der Waals surface area contributed by atoms with Crippen molar-refractivity contribution < 1.29 is 14.6 Å². The fraction of sp³-hybridized carbons (Fsp3) is 0.533. The lowest BCUT2D eigenvalue weighted by Gasteiger charge is -2.15. The lowest BCUT2D eigenvalue weighted by molar-refractivity contribution is -0.123. The molecule has 0 aromatic heterocycles. The van der Waals surface area contributed by atoms with Gasteiger partial charge >= 0.3 is 0 Å². The summed E-state index contributed by atoms with van der Waals surface area (Å²) in [5.74, 6) is 0.545. The number of hydrogen-bond acceptors (Lipinski definition) is 3. The third-order valence-electron chi connectivity index (χ3n) is 3.71. The number of hydrogen-bond donors (Lipinski definition) is 2. The van der Waals surface area contributed by atoms with Crippen LogP contribution in [0.1, 0.15) is 24.8 Å². The molecule has 1 saturated carbocycles. The average molecular weight is 342 g/mol. The van der Waals surface area contributed by atoms with Gasteiger partial charge in [-0.15, -0.1) is 0 Å². The van der Waals surface area contributed by atoms with Gasteiger partial charge in [-0.2, -0.15) is 0 Å². The zero-order valence-electron chi connectivity index (χ0n) is 11.6. The summed E-state index contributed by atoms with van der Waals surface area (Å²) >= 11 is 3.41. The SMILES string of the molecule is Cc1ccc(OCC(=O)NCC2(CCO)CC2)c(Br)c1. The highest BCUT2D eigenvalue weighted by Crippen LogP contribution is 2.47. The minimum absolute atomic E-state index is 0.0108. The Morgan fingerprint density at radius 3 is 2.85 bits per heavy atom. The quantitative estimate of drug-likeness (QED) is 0.800. The first-order chi connectivity index (χ1) is 9.54. The Bertz CT molecular complexity index is 486. The minimum Gasteiger partial charge on any atom is -0.483 e. The molecule has 1 aliphatic carbocycles. The molecule has 2 rings (SSSR count). The summed E-state index contributed by atoms with van der Waals surface area (Å²) in [6.07, 6.45) is 2.92. The van der Waals surface area contributed by atoms with Crippen LogP contribution in [0, 0.1) is 12.3 Å². The Hall–Kier alpha value is -1.07. The van der Waals surface area contributed by atoms with Gasteiger partial charge in [0.1, 0.15) is 5.75 Å². The molecule has 5 heteroatoms. The van der Waals surface area contributed by atoms with Crippen LogP contribution in [-0.4, -0.2) is 30.8 Å². The van der Waals surface area contributed by atoms with Gasteiger partial charge in [-0.3, -0.25) is 4.79 Å². The van der Waals surface area contributed by atoms with Crippen LogP contribution in [0.2, 0.25) is 0 Å². The highest BCUT2D eigenvalue weighted by molar-refractivity contribution is 9.10. The van der Waals surface area contributed by atoms with Gasteiger partial charge < -0.3 is 15.2 Å². The molecule has 110 valence electrons. The predicted octanol–water partition coefficient (Wildman–Crippen LogP) is 2.42. The summed E-state index contributed by atoms with van der Waals surface area (Å²) in [7, 11) is 0. The highest BCUT2D eigenvalue weighted by atomic mass is 79.9. The molecule has 20 heavy (non-hydrogen) atoms. The molecule has 0 spiro atoms. The lowest BCUT2D eigenvalue weighted by atomic mass is 10.0. The van der Waals surface area contributed by atoms with E-state index in [4.69, 9.17) is 9.84 Å². The van der Waals surface area contributed by atoms with E-state index in [-0.39, 0.29) is 24.5 Å². The molecule has 0 saturated heterocycles. The standard InChI is InChI=1S/C15H20BrNO3/c1-11-2-3-13(12(16)8-11)20-9-14(19)17-10-15(4-5-15)6-7-18/h2-3,8,18H,4-7,9-10H2,1H3,(H,17,19). The van der Waals surface area contributed by atoms with Crippen LogP contribution >= 0.6 is 15.9 Å². The van der Waals surface area contributed by atoms with Crippen molar-refractivity contribution >= 4 is 21.8 Å². The molecular weight excluding hydrogens is 322 g/mol. The van der Waals surface area contributed by atoms with Crippen LogP contribution in [0.4, 0.5) is 0 Å². The summed E-state index contributed by atoms with van der Waals surface area (Å²) in [6.45, 7) is 2.82. The second-order valence-corrected chi connectivity index (χ2v) is 6.33. The van der Waals surface area contributed by atoms with Crippen LogP contribution in [0.3, 0.4) is 0 Å². The van der Waals surface area contributed by atoms with Gasteiger partial charge in [0.25, 0.3) is 5.91 Å². The van der Waals surface area contributed by atoms with Crippen molar-refractivity contribution in [3.63, 3.8) is 0 Å². The van der Waals surface area contributed by atoms with Crippen molar-refractivity contribution in [2.45, 2.75) is 26.2 Å². The van der Waals surface area contributed by atoms with Crippen LogP contribution < -0.4 is 10.1 Å². The number of amides is 1. The van der Waals surface area contributed by atoms with E-state index in [2.05, 4.69) is 21.2 Å². The molecule has 1 aromatic carbocycles. The van der Waals surface area contributed by atoms with Gasteiger partial charge in [-0.1, -0.05) is 6.07 Å². The zero-order valence-corrected chi connectivity index (χ0v) is 13.2. The molecular formula is C15H20BrNO3. The summed E-state index contributed by atoms with van der Waals surface area (Å²) < 4.78 is 6.34. The van der Waals surface area contributed by atoms with Crippen LogP contribution in [-0.2, 0) is 4.79 Å². The van der Waals surface area contributed by atoms with Crippen LogP contribution in [0.5, 0.6) is 5.75 Å². The first-order valence-corrected chi connectivity index (χ1v) is 7.60. The van der Waals surface area contributed by atoms with Crippen LogP contribution in [0.25, 0.3) is 0 Å². The molecule has 0 radical (unpaired) electrons. The van der Waals surface area contributed by atoms with Crippen molar-refractivity contribution in [1.29, 1.82) is 0 Å². The van der Waals surface area contributed by atoms with Crippen molar-refractivity contribution in [2.75, 3.05) is 19.8 Å². The molecule has 1 aromatic rings. The summed E-state index contributed by atoms with van der Waals surface area (Å²) in [5, 5.41) is 11.9. The first kappa shape index (κ1) is 15.3. The molecule has 0 bridgehead atoms. The van der Waals surface area contributed by atoms with E-state index in [9.17, 15) is 4.79 Å². The number of nitrogens with one attached hydrogen (secondary N) is 1. The average Bonchev–Trinajstić information content (AvgIpc) is 3.16. The molecule has 0 aliphatic heterocycles. The Labute approximate surface area is 127 Å². The number of benzene rings is 1. The second kappa shape index (κ2) is 6.59. The largest absolute Gasteiger partial charge is 0.483 e. The van der Waals surface area contributed by atoms with Gasteiger partial charge in [0.05, 0.1) is 4.47 Å². The summed E-state index contributed by atoms with van der Waals surface area (Å²) in [4.78, 5) is 11.8. The number of halogens is 1. The van der Waals surface area contributed by atoms with E-state index in [1.165, 1.54) is 0 Å². The van der Waals surface area contributed by atoms with Gasteiger partial charge in [0, 0.05) is 13.2 Å². The number of carbonyl (C=O) groups is 1. The molecule has 0 unspecified atom stereocenters. The van der Waals surface area contributed by atoms with Crippen molar-refractivity contribution in [2.24, 2.45) is 5.41 Å². The molecule has 1 amide bonds. The van der Waals surface area contributed by atoms with E-state index < -0.39 is 0 Å². The minimum atomic E-state index is -0.123. The lowest BCUT2D eigenvalue weighted by Crippen LogP contribution is -2.34. The Balaban J connectivity index is 1.75. The van der Waals surface area contributed by atoms with E-state index >= 15 is 0 Å². The van der Waals surface area contributed by atoms with Gasteiger partial charge in [-0.05, 0) is 65.2 Å². The Kier molecular flexibility index (Phi) is 5.05. The van der Waals surface area contributed by atoms with Crippen molar-refractivity contribution in [3.8, 4) is 5.75 Å². The zero-order chi connectivity index (χ0) is 14.6. The van der Waals surface area contributed by atoms with Gasteiger partial charge in [-0.25, -0.2) is 0 Å². The van der Waals surface area contributed by atoms with E-state index in [1.807, 2.05) is 25.1 Å². The normalized spacial score (nSPS) is 15.8. The molecule has 1 fully saturated rings. The monoisotopic (exact) mass is 341 g/mol. The molecule has 2 N–H and O–H groups in total. The number of aliphatic hydroxyl groups is 1. The van der Waals surface area contributed by atoms with Crippen molar-refractivity contribution in [1.82, 2.24) is 5.32 Å². The molecule has 0 atom stereocenters. The van der Waals surface area contributed by atoms with E-state index in [0.717, 1.165) is 29.3 Å². The topological polar surface area (TPSA) is 58.6 Å². The molecule has 1 aliphatic rings.